The number of hydrogen-bond acceptors (Lipinski definition) is 6. The summed E-state index contributed by atoms with van der Waals surface area (Å²) in [7, 11) is -0.905. The van der Waals surface area contributed by atoms with Gasteiger partial charge in [0.1, 0.15) is 0 Å². The molecule has 2 aromatic rings. The molecule has 0 aromatic carbocycles. The number of nitrogens with zero attached hydrogens (tertiary/aromatic N) is 2. The molecule has 0 radical (unpaired) electrons. The van der Waals surface area contributed by atoms with Gasteiger partial charge in [-0.1, -0.05) is 0 Å². The predicted octanol–water partition coefficient (Wildman–Crippen LogP) is 2.23. The Balaban J connectivity index is 1.61. The van der Waals surface area contributed by atoms with Crippen molar-refractivity contribution in [1.29, 1.82) is 0 Å². The van der Waals surface area contributed by atoms with Gasteiger partial charge in [0.2, 0.25) is 0 Å². The number of rotatable bonds is 2. The molecule has 2 saturated heterocycles. The summed E-state index contributed by atoms with van der Waals surface area (Å²) in [5, 5.41) is 0. The van der Waals surface area contributed by atoms with Crippen LogP contribution in [-0.4, -0.2) is 46.6 Å². The molecule has 0 atom stereocenters. The molecule has 0 bridgehead atoms. The van der Waals surface area contributed by atoms with Gasteiger partial charge < -0.3 is 18.6 Å². The monoisotopic (exact) mass is 382 g/mol. The van der Waals surface area contributed by atoms with Crippen LogP contribution in [0.5, 0.6) is 0 Å². The van der Waals surface area contributed by atoms with Gasteiger partial charge in [-0.25, -0.2) is 0 Å². The smallest absolute Gasteiger partial charge is 0.399 e. The topological polar surface area (TPSA) is 62.7 Å². The lowest BCUT2D eigenvalue weighted by Crippen LogP contribution is -2.41. The summed E-state index contributed by atoms with van der Waals surface area (Å²) in [5.74, 6) is 0. The average molecular weight is 382 g/mol. The molecule has 0 aliphatic carbocycles. The molecule has 2 aliphatic heterocycles. The fourth-order valence-corrected chi connectivity index (χ4v) is 3.25. The normalized spacial score (nSPS) is 24.9. The third-order valence-corrected chi connectivity index (χ3v) is 6.63. The van der Waals surface area contributed by atoms with Crippen molar-refractivity contribution in [3.05, 3.63) is 24.5 Å². The second-order valence-electron chi connectivity index (χ2n) is 9.75. The van der Waals surface area contributed by atoms with Crippen LogP contribution < -0.4 is 10.9 Å². The van der Waals surface area contributed by atoms with Crippen LogP contribution in [-0.2, 0) is 18.6 Å². The zero-order chi connectivity index (χ0) is 20.5. The number of fused-ring (bicyclic) bond motifs is 1. The largest absolute Gasteiger partial charge is 0.496 e. The number of pyridine rings is 2. The third kappa shape index (κ3) is 3.07. The molecule has 28 heavy (non-hydrogen) atoms. The van der Waals surface area contributed by atoms with Gasteiger partial charge in [-0.2, -0.15) is 0 Å². The van der Waals surface area contributed by atoms with E-state index < -0.39 is 14.2 Å². The Labute approximate surface area is 167 Å². The van der Waals surface area contributed by atoms with E-state index in [0.717, 1.165) is 22.0 Å². The van der Waals surface area contributed by atoms with E-state index in [4.69, 9.17) is 18.6 Å². The molecule has 0 amide bonds. The van der Waals surface area contributed by atoms with Crippen LogP contribution >= 0.6 is 0 Å². The molecule has 6 nitrogen and oxygen atoms in total. The maximum absolute atomic E-state index is 6.12. The predicted molar refractivity (Wildman–Crippen MR) is 111 cm³/mol. The Kier molecular flexibility index (Phi) is 4.26. The van der Waals surface area contributed by atoms with Gasteiger partial charge in [0.25, 0.3) is 0 Å². The maximum Gasteiger partial charge on any atom is 0.496 e. The van der Waals surface area contributed by atoms with Crippen molar-refractivity contribution < 1.29 is 18.6 Å². The maximum atomic E-state index is 6.12. The fraction of sp³-hybridized carbons (Fsp3) is 0.600. The summed E-state index contributed by atoms with van der Waals surface area (Å²) in [6.07, 6.45) is 3.58. The third-order valence-electron chi connectivity index (χ3n) is 6.63. The van der Waals surface area contributed by atoms with Crippen LogP contribution in [0, 0.1) is 0 Å². The zero-order valence-corrected chi connectivity index (χ0v) is 18.0. The second kappa shape index (κ2) is 6.02. The van der Waals surface area contributed by atoms with E-state index in [2.05, 4.69) is 9.97 Å². The summed E-state index contributed by atoms with van der Waals surface area (Å²) in [6, 6.07) is 3.94. The molecular formula is C20H28B2N2O4. The van der Waals surface area contributed by atoms with Crippen LogP contribution in [0.3, 0.4) is 0 Å². The molecule has 148 valence electrons. The van der Waals surface area contributed by atoms with Gasteiger partial charge in [-0.15, -0.1) is 0 Å². The van der Waals surface area contributed by atoms with Crippen molar-refractivity contribution in [1.82, 2.24) is 9.97 Å². The highest BCUT2D eigenvalue weighted by Gasteiger charge is 2.53. The van der Waals surface area contributed by atoms with Crippen LogP contribution in [0.2, 0.25) is 0 Å². The Morgan fingerprint density at radius 3 is 1.14 bits per heavy atom. The van der Waals surface area contributed by atoms with E-state index in [9.17, 15) is 0 Å². The Morgan fingerprint density at radius 1 is 0.571 bits per heavy atom. The van der Waals surface area contributed by atoms with Crippen LogP contribution in [0.1, 0.15) is 55.4 Å². The van der Waals surface area contributed by atoms with Crippen LogP contribution in [0.25, 0.3) is 11.0 Å². The Morgan fingerprint density at radius 2 is 0.857 bits per heavy atom. The van der Waals surface area contributed by atoms with Crippen molar-refractivity contribution in [2.24, 2.45) is 0 Å². The Hall–Kier alpha value is -1.47. The Bertz CT molecular complexity index is 822. The highest BCUT2D eigenvalue weighted by atomic mass is 16.7. The lowest BCUT2D eigenvalue weighted by atomic mass is 9.79. The number of aromatic nitrogens is 2. The standard InChI is InChI=1S/C20H28B2N2O4/c1-17(2)18(3,4)26-21(25-17)13-9-15-16(23-11-13)10-14(12-24-15)22-27-19(5,6)20(7,8)28-22/h9-12H,1-8H3. The average Bonchev–Trinajstić information content (AvgIpc) is 2.93. The summed E-state index contributed by atoms with van der Waals surface area (Å²) in [6.45, 7) is 16.3. The lowest BCUT2D eigenvalue weighted by Gasteiger charge is -2.32. The molecular weight excluding hydrogens is 354 g/mol. The van der Waals surface area contributed by atoms with Crippen molar-refractivity contribution in [2.75, 3.05) is 0 Å². The summed E-state index contributed by atoms with van der Waals surface area (Å²) < 4.78 is 24.5. The molecule has 0 spiro atoms. The minimum Gasteiger partial charge on any atom is -0.399 e. The van der Waals surface area contributed by atoms with Crippen molar-refractivity contribution in [2.45, 2.75) is 77.8 Å². The highest BCUT2D eigenvalue weighted by Crippen LogP contribution is 2.37. The molecule has 2 aliphatic rings. The van der Waals surface area contributed by atoms with Crippen molar-refractivity contribution in [3.63, 3.8) is 0 Å². The molecule has 0 N–H and O–H groups in total. The first-order chi connectivity index (χ1) is 12.8. The van der Waals surface area contributed by atoms with Gasteiger partial charge >= 0.3 is 14.2 Å². The van der Waals surface area contributed by atoms with E-state index in [1.165, 1.54) is 0 Å². The zero-order valence-electron chi connectivity index (χ0n) is 18.0. The summed E-state index contributed by atoms with van der Waals surface area (Å²) in [5.41, 5.74) is 1.74. The molecule has 2 aromatic heterocycles. The highest BCUT2D eigenvalue weighted by molar-refractivity contribution is 6.63. The summed E-state index contributed by atoms with van der Waals surface area (Å²) >= 11 is 0. The molecule has 4 heterocycles. The minimum absolute atomic E-state index is 0.388. The molecule has 2 fully saturated rings. The van der Waals surface area contributed by atoms with Gasteiger partial charge in [0, 0.05) is 23.3 Å². The van der Waals surface area contributed by atoms with Crippen LogP contribution in [0.15, 0.2) is 24.5 Å². The van der Waals surface area contributed by atoms with Crippen molar-refractivity contribution in [3.8, 4) is 0 Å². The van der Waals surface area contributed by atoms with E-state index in [0.29, 0.717) is 0 Å². The van der Waals surface area contributed by atoms with Gasteiger partial charge in [0.15, 0.2) is 0 Å². The van der Waals surface area contributed by atoms with E-state index in [1.807, 2.05) is 67.5 Å². The van der Waals surface area contributed by atoms with Gasteiger partial charge in [-0.3, -0.25) is 9.97 Å². The quantitative estimate of drug-likeness (QED) is 0.743. The summed E-state index contributed by atoms with van der Waals surface area (Å²) in [4.78, 5) is 9.18. The lowest BCUT2D eigenvalue weighted by molar-refractivity contribution is 0.00578. The first kappa shape index (κ1) is 19.8. The molecule has 0 saturated carbocycles. The second-order valence-corrected chi connectivity index (χ2v) is 9.75. The SMILES string of the molecule is CC1(C)OB(c2cnc3cc(B4OC(C)(C)C(C)(C)O4)cnc3c2)OC1(C)C. The molecule has 4 rings (SSSR count). The van der Waals surface area contributed by atoms with Crippen LogP contribution in [0.4, 0.5) is 0 Å². The molecule has 0 unspecified atom stereocenters. The molecule has 8 heteroatoms. The van der Waals surface area contributed by atoms with E-state index >= 15 is 0 Å². The van der Waals surface area contributed by atoms with Crippen molar-refractivity contribution >= 4 is 36.2 Å². The fourth-order valence-electron chi connectivity index (χ4n) is 3.25. The van der Waals surface area contributed by atoms with Gasteiger partial charge in [0.05, 0.1) is 33.4 Å². The van der Waals surface area contributed by atoms with Gasteiger partial charge in [-0.05, 0) is 67.5 Å². The van der Waals surface area contributed by atoms with E-state index in [-0.39, 0.29) is 22.4 Å². The number of hydrogen-bond donors (Lipinski definition) is 0. The van der Waals surface area contributed by atoms with E-state index in [1.54, 1.807) is 12.4 Å². The first-order valence-electron chi connectivity index (χ1n) is 9.78. The first-order valence-corrected chi connectivity index (χ1v) is 9.78. The minimum atomic E-state index is -0.452.